The summed E-state index contributed by atoms with van der Waals surface area (Å²) in [4.78, 5) is 17.8. The predicted molar refractivity (Wildman–Crippen MR) is 123 cm³/mol. The lowest BCUT2D eigenvalue weighted by Crippen LogP contribution is -2.47. The Morgan fingerprint density at radius 2 is 1.59 bits per heavy atom. The maximum Gasteiger partial charge on any atom is 0.229 e. The molecule has 0 aromatic heterocycles. The second kappa shape index (κ2) is 8.95. The maximum atomic E-state index is 14.6. The Labute approximate surface area is 190 Å². The van der Waals surface area contributed by atoms with Crippen molar-refractivity contribution in [3.63, 3.8) is 0 Å². The molecule has 2 saturated heterocycles. The summed E-state index contributed by atoms with van der Waals surface area (Å²) < 4.78 is 14.6. The van der Waals surface area contributed by atoms with Gasteiger partial charge in [-0.2, -0.15) is 0 Å². The van der Waals surface area contributed by atoms with Gasteiger partial charge in [-0.15, -0.1) is 0 Å². The van der Waals surface area contributed by atoms with Gasteiger partial charge in [-0.3, -0.25) is 9.69 Å². The van der Waals surface area contributed by atoms with Crippen LogP contribution in [0.1, 0.15) is 50.5 Å². The number of hydrogen-bond donors (Lipinski definition) is 1. The molecule has 3 aliphatic rings. The number of amides is 1. The number of carbonyl (C=O) groups is 1. The summed E-state index contributed by atoms with van der Waals surface area (Å²) in [6.45, 7) is 3.10. The smallest absolute Gasteiger partial charge is 0.229 e. The van der Waals surface area contributed by atoms with Crippen molar-refractivity contribution in [3.8, 4) is 11.1 Å². The molecule has 0 atom stereocenters. The van der Waals surface area contributed by atoms with E-state index >= 15 is 0 Å². The van der Waals surface area contributed by atoms with Gasteiger partial charge in [0.2, 0.25) is 5.91 Å². The molecule has 0 unspecified atom stereocenters. The molecule has 1 saturated carbocycles. The molecular formula is C27H33FN2O2. The van der Waals surface area contributed by atoms with Gasteiger partial charge in [-0.25, -0.2) is 4.39 Å². The van der Waals surface area contributed by atoms with E-state index in [0.717, 1.165) is 81.3 Å². The highest BCUT2D eigenvalue weighted by Gasteiger charge is 2.49. The van der Waals surface area contributed by atoms with Gasteiger partial charge in [0.1, 0.15) is 5.82 Å². The van der Waals surface area contributed by atoms with Crippen molar-refractivity contribution in [2.45, 2.75) is 63.6 Å². The van der Waals surface area contributed by atoms with E-state index in [1.165, 1.54) is 0 Å². The molecule has 2 aliphatic heterocycles. The summed E-state index contributed by atoms with van der Waals surface area (Å²) in [6, 6.07) is 15.8. The molecule has 1 aliphatic carbocycles. The third-order valence-electron chi connectivity index (χ3n) is 8.01. The summed E-state index contributed by atoms with van der Waals surface area (Å²) in [5.41, 5.74) is 2.63. The number of likely N-dealkylation sites (tertiary alicyclic amines) is 2. The molecule has 2 aromatic carbocycles. The number of aliphatic hydroxyl groups excluding tert-OH is 1. The van der Waals surface area contributed by atoms with Crippen LogP contribution in [0.4, 0.5) is 4.39 Å². The number of piperidine rings is 1. The van der Waals surface area contributed by atoms with Crippen LogP contribution in [-0.2, 0) is 11.3 Å². The normalized spacial score (nSPS) is 26.1. The van der Waals surface area contributed by atoms with Gasteiger partial charge in [0.05, 0.1) is 11.5 Å². The summed E-state index contributed by atoms with van der Waals surface area (Å²) in [7, 11) is 0. The van der Waals surface area contributed by atoms with Gasteiger partial charge in [0.15, 0.2) is 0 Å². The number of hydrogen-bond acceptors (Lipinski definition) is 3. The van der Waals surface area contributed by atoms with Crippen LogP contribution in [0.5, 0.6) is 0 Å². The molecule has 3 fully saturated rings. The molecule has 1 spiro atoms. The minimum Gasteiger partial charge on any atom is -0.393 e. The van der Waals surface area contributed by atoms with E-state index in [4.69, 9.17) is 0 Å². The lowest BCUT2D eigenvalue weighted by molar-refractivity contribution is -0.141. The topological polar surface area (TPSA) is 43.8 Å². The molecule has 5 rings (SSSR count). The van der Waals surface area contributed by atoms with Crippen LogP contribution < -0.4 is 0 Å². The molecule has 1 amide bonds. The Balaban J connectivity index is 1.22. The number of rotatable bonds is 4. The van der Waals surface area contributed by atoms with E-state index in [1.807, 2.05) is 42.5 Å². The Bertz CT molecular complexity index is 947. The second-order valence-electron chi connectivity index (χ2n) is 9.94. The van der Waals surface area contributed by atoms with E-state index in [0.29, 0.717) is 18.5 Å². The first kappa shape index (κ1) is 21.6. The first-order valence-electron chi connectivity index (χ1n) is 12.1. The van der Waals surface area contributed by atoms with E-state index < -0.39 is 0 Å². The Kier molecular flexibility index (Phi) is 6.04. The molecule has 4 nitrogen and oxygen atoms in total. The van der Waals surface area contributed by atoms with E-state index in [2.05, 4.69) is 9.80 Å². The molecule has 0 bridgehead atoms. The fourth-order valence-electron chi connectivity index (χ4n) is 5.92. The van der Waals surface area contributed by atoms with Crippen molar-refractivity contribution in [3.05, 3.63) is 59.9 Å². The molecule has 0 radical (unpaired) electrons. The van der Waals surface area contributed by atoms with E-state index in [9.17, 15) is 14.3 Å². The zero-order valence-corrected chi connectivity index (χ0v) is 18.7. The first-order valence-corrected chi connectivity index (χ1v) is 12.1. The van der Waals surface area contributed by atoms with Gasteiger partial charge in [0, 0.05) is 24.7 Å². The lowest BCUT2D eigenvalue weighted by Gasteiger charge is -2.39. The molecular weight excluding hydrogens is 403 g/mol. The fraction of sp³-hybridized carbons (Fsp3) is 0.519. The molecule has 32 heavy (non-hydrogen) atoms. The number of aliphatic hydroxyl groups is 1. The highest BCUT2D eigenvalue weighted by atomic mass is 19.1. The van der Waals surface area contributed by atoms with Gasteiger partial charge in [0.25, 0.3) is 0 Å². The summed E-state index contributed by atoms with van der Waals surface area (Å²) >= 11 is 0. The molecule has 2 aromatic rings. The summed E-state index contributed by atoms with van der Waals surface area (Å²) in [5.74, 6) is 0.170. The van der Waals surface area contributed by atoms with Gasteiger partial charge < -0.3 is 10.0 Å². The minimum absolute atomic E-state index is 0.160. The number of carbonyl (C=O) groups excluding carboxylic acids is 1. The van der Waals surface area contributed by atoms with Crippen molar-refractivity contribution in [2.75, 3.05) is 19.6 Å². The predicted octanol–water partition coefficient (Wildman–Crippen LogP) is 4.61. The van der Waals surface area contributed by atoms with Crippen LogP contribution in [0.25, 0.3) is 11.1 Å². The third-order valence-corrected chi connectivity index (χ3v) is 8.01. The van der Waals surface area contributed by atoms with Crippen LogP contribution in [0.15, 0.2) is 48.5 Å². The molecule has 2 heterocycles. The monoisotopic (exact) mass is 436 g/mol. The maximum absolute atomic E-state index is 14.6. The second-order valence-corrected chi connectivity index (χ2v) is 9.94. The van der Waals surface area contributed by atoms with E-state index in [1.54, 1.807) is 6.07 Å². The lowest BCUT2D eigenvalue weighted by atomic mass is 9.77. The Morgan fingerprint density at radius 1 is 0.906 bits per heavy atom. The Hall–Kier alpha value is -2.24. The quantitative estimate of drug-likeness (QED) is 0.761. The molecule has 5 heteroatoms. The van der Waals surface area contributed by atoms with Crippen molar-refractivity contribution < 1.29 is 14.3 Å². The first-order chi connectivity index (χ1) is 15.5. The van der Waals surface area contributed by atoms with Crippen LogP contribution in [-0.4, -0.2) is 52.6 Å². The third kappa shape index (κ3) is 4.20. The number of benzene rings is 2. The molecule has 170 valence electrons. The molecule has 1 N–H and O–H groups in total. The van der Waals surface area contributed by atoms with Crippen molar-refractivity contribution >= 4 is 5.91 Å². The highest BCUT2D eigenvalue weighted by Crippen LogP contribution is 2.44. The SMILES string of the molecule is O=C1N(C2CCC(O)CC2)CCC12CCN(Cc1cc(-c3ccccc3)ccc1F)CC2. The Morgan fingerprint density at radius 3 is 2.31 bits per heavy atom. The average molecular weight is 437 g/mol. The van der Waals surface area contributed by atoms with Crippen LogP contribution in [0.2, 0.25) is 0 Å². The van der Waals surface area contributed by atoms with Crippen LogP contribution >= 0.6 is 0 Å². The van der Waals surface area contributed by atoms with E-state index in [-0.39, 0.29) is 17.3 Å². The van der Waals surface area contributed by atoms with Crippen LogP contribution in [0.3, 0.4) is 0 Å². The van der Waals surface area contributed by atoms with Gasteiger partial charge in [-0.05, 0) is 81.3 Å². The average Bonchev–Trinajstić information content (AvgIpc) is 3.13. The van der Waals surface area contributed by atoms with Gasteiger partial charge >= 0.3 is 0 Å². The van der Waals surface area contributed by atoms with Gasteiger partial charge in [-0.1, -0.05) is 36.4 Å². The standard InChI is InChI=1S/C27H33FN2O2/c28-25-11-6-21(20-4-2-1-3-5-20)18-22(25)19-29-15-12-27(13-16-29)14-17-30(26(27)32)23-7-9-24(31)10-8-23/h1-6,11,18,23-24,31H,7-10,12-17,19H2. The van der Waals surface area contributed by atoms with Crippen molar-refractivity contribution in [2.24, 2.45) is 5.41 Å². The summed E-state index contributed by atoms with van der Waals surface area (Å²) in [5, 5.41) is 9.79. The number of halogens is 1. The number of nitrogens with zero attached hydrogens (tertiary/aromatic N) is 2. The van der Waals surface area contributed by atoms with Crippen molar-refractivity contribution in [1.29, 1.82) is 0 Å². The minimum atomic E-state index is -0.225. The zero-order valence-electron chi connectivity index (χ0n) is 18.7. The zero-order chi connectivity index (χ0) is 22.1. The van der Waals surface area contributed by atoms with Crippen molar-refractivity contribution in [1.82, 2.24) is 9.80 Å². The fourth-order valence-corrected chi connectivity index (χ4v) is 5.92. The largest absolute Gasteiger partial charge is 0.393 e. The highest BCUT2D eigenvalue weighted by molar-refractivity contribution is 5.85. The summed E-state index contributed by atoms with van der Waals surface area (Å²) in [6.07, 6.45) is 5.93. The van der Waals surface area contributed by atoms with Crippen LogP contribution in [0, 0.1) is 11.2 Å².